The van der Waals surface area contributed by atoms with Gasteiger partial charge in [0.05, 0.1) is 6.54 Å². The van der Waals surface area contributed by atoms with E-state index in [0.29, 0.717) is 18.9 Å². The molecule has 0 aliphatic heterocycles. The van der Waals surface area contributed by atoms with Crippen molar-refractivity contribution in [1.29, 1.82) is 0 Å². The fourth-order valence-electron chi connectivity index (χ4n) is 3.31. The Kier molecular flexibility index (Phi) is 5.27. The van der Waals surface area contributed by atoms with Gasteiger partial charge in [-0.2, -0.15) is 13.2 Å². The third-order valence-corrected chi connectivity index (χ3v) is 4.40. The van der Waals surface area contributed by atoms with Gasteiger partial charge < -0.3 is 5.73 Å². The molecule has 0 saturated heterocycles. The maximum absolute atomic E-state index is 12.7. The van der Waals surface area contributed by atoms with Crippen LogP contribution in [0.4, 0.5) is 13.2 Å². The molecule has 1 fully saturated rings. The molecule has 0 radical (unpaired) electrons. The molecular formula is C16H23F3N2. The second-order valence-corrected chi connectivity index (χ2v) is 5.83. The molecule has 3 unspecified atom stereocenters. The highest BCUT2D eigenvalue weighted by Gasteiger charge is 2.38. The van der Waals surface area contributed by atoms with Crippen LogP contribution in [0, 0.1) is 0 Å². The minimum absolute atomic E-state index is 0.174. The van der Waals surface area contributed by atoms with E-state index >= 15 is 0 Å². The highest BCUT2D eigenvalue weighted by molar-refractivity contribution is 5.21. The standard InChI is InChI=1S/C16H23F3N2/c1-2-21(11-16(17,18)19)15-10-13(8-9-14(15)20)12-6-4-3-5-7-12/h3-7,13-15H,2,8-11,20H2,1H3. The number of halogens is 3. The lowest BCUT2D eigenvalue weighted by Crippen LogP contribution is -2.53. The molecule has 0 spiro atoms. The lowest BCUT2D eigenvalue weighted by molar-refractivity contribution is -0.152. The van der Waals surface area contributed by atoms with Crippen LogP contribution in [0.1, 0.15) is 37.7 Å². The Morgan fingerprint density at radius 2 is 1.86 bits per heavy atom. The molecule has 5 heteroatoms. The first-order valence-electron chi connectivity index (χ1n) is 7.52. The molecule has 1 aliphatic rings. The first-order chi connectivity index (χ1) is 9.90. The van der Waals surface area contributed by atoms with Gasteiger partial charge in [-0.3, -0.25) is 4.90 Å². The van der Waals surface area contributed by atoms with Crippen molar-refractivity contribution in [3.05, 3.63) is 35.9 Å². The molecule has 1 saturated carbocycles. The van der Waals surface area contributed by atoms with E-state index in [4.69, 9.17) is 5.73 Å². The molecule has 2 N–H and O–H groups in total. The molecule has 0 amide bonds. The average molecular weight is 300 g/mol. The first-order valence-corrected chi connectivity index (χ1v) is 7.52. The molecule has 0 heterocycles. The van der Waals surface area contributed by atoms with Crippen LogP contribution >= 0.6 is 0 Å². The smallest absolute Gasteiger partial charge is 0.326 e. The monoisotopic (exact) mass is 300 g/mol. The number of nitrogens with two attached hydrogens (primary N) is 1. The fourth-order valence-corrected chi connectivity index (χ4v) is 3.31. The van der Waals surface area contributed by atoms with Gasteiger partial charge in [0.15, 0.2) is 0 Å². The van der Waals surface area contributed by atoms with Gasteiger partial charge in [0.1, 0.15) is 0 Å². The van der Waals surface area contributed by atoms with Crippen molar-refractivity contribution < 1.29 is 13.2 Å². The molecule has 21 heavy (non-hydrogen) atoms. The number of benzene rings is 1. The molecule has 1 aromatic rings. The summed E-state index contributed by atoms with van der Waals surface area (Å²) < 4.78 is 38.1. The molecule has 1 aliphatic carbocycles. The molecule has 2 rings (SSSR count). The van der Waals surface area contributed by atoms with Crippen LogP contribution in [-0.2, 0) is 0 Å². The Bertz CT molecular complexity index is 433. The van der Waals surface area contributed by atoms with Crippen molar-refractivity contribution in [2.45, 2.75) is 50.4 Å². The third-order valence-electron chi connectivity index (χ3n) is 4.40. The zero-order chi connectivity index (χ0) is 15.5. The van der Waals surface area contributed by atoms with Crippen molar-refractivity contribution in [2.75, 3.05) is 13.1 Å². The third kappa shape index (κ3) is 4.45. The van der Waals surface area contributed by atoms with Crippen LogP contribution in [0.25, 0.3) is 0 Å². The lowest BCUT2D eigenvalue weighted by Gasteiger charge is -2.41. The Balaban J connectivity index is 2.10. The van der Waals surface area contributed by atoms with E-state index < -0.39 is 12.7 Å². The first kappa shape index (κ1) is 16.3. The Labute approximate surface area is 124 Å². The van der Waals surface area contributed by atoms with E-state index in [1.54, 1.807) is 6.92 Å². The summed E-state index contributed by atoms with van der Waals surface area (Å²) in [6, 6.07) is 9.65. The predicted molar refractivity (Wildman–Crippen MR) is 78.1 cm³/mol. The molecule has 3 atom stereocenters. The maximum Gasteiger partial charge on any atom is 0.401 e. The number of rotatable bonds is 4. The van der Waals surface area contributed by atoms with E-state index in [-0.39, 0.29) is 12.1 Å². The quantitative estimate of drug-likeness (QED) is 0.921. The van der Waals surface area contributed by atoms with E-state index in [0.717, 1.165) is 12.8 Å². The minimum atomic E-state index is -4.17. The Hall–Kier alpha value is -1.07. The molecule has 1 aromatic carbocycles. The summed E-state index contributed by atoms with van der Waals surface area (Å²) >= 11 is 0. The second-order valence-electron chi connectivity index (χ2n) is 5.83. The molecule has 2 nitrogen and oxygen atoms in total. The molecular weight excluding hydrogens is 277 g/mol. The van der Waals surface area contributed by atoms with Crippen LogP contribution in [-0.4, -0.2) is 36.2 Å². The van der Waals surface area contributed by atoms with Gasteiger partial charge in [-0.15, -0.1) is 0 Å². The molecule has 0 bridgehead atoms. The lowest BCUT2D eigenvalue weighted by atomic mass is 9.78. The van der Waals surface area contributed by atoms with Crippen LogP contribution in [0.5, 0.6) is 0 Å². The largest absolute Gasteiger partial charge is 0.401 e. The van der Waals surface area contributed by atoms with Gasteiger partial charge in [0.25, 0.3) is 0 Å². The van der Waals surface area contributed by atoms with Gasteiger partial charge >= 0.3 is 6.18 Å². The summed E-state index contributed by atoms with van der Waals surface area (Å²) in [6.07, 6.45) is -1.74. The van der Waals surface area contributed by atoms with Gasteiger partial charge in [-0.05, 0) is 37.3 Å². The highest BCUT2D eigenvalue weighted by Crippen LogP contribution is 2.35. The minimum Gasteiger partial charge on any atom is -0.326 e. The summed E-state index contributed by atoms with van der Waals surface area (Å²) in [4.78, 5) is 1.49. The second kappa shape index (κ2) is 6.79. The van der Waals surface area contributed by atoms with Crippen LogP contribution < -0.4 is 5.73 Å². The zero-order valence-electron chi connectivity index (χ0n) is 12.3. The summed E-state index contributed by atoms with van der Waals surface area (Å²) in [7, 11) is 0. The Morgan fingerprint density at radius 3 is 2.43 bits per heavy atom. The maximum atomic E-state index is 12.7. The molecule has 0 aromatic heterocycles. The summed E-state index contributed by atoms with van der Waals surface area (Å²) in [5.74, 6) is 0.304. The van der Waals surface area contributed by atoms with Crippen molar-refractivity contribution in [3.8, 4) is 0 Å². The zero-order valence-corrected chi connectivity index (χ0v) is 12.3. The number of nitrogens with zero attached hydrogens (tertiary/aromatic N) is 1. The van der Waals surface area contributed by atoms with E-state index in [9.17, 15) is 13.2 Å². The van der Waals surface area contributed by atoms with Crippen molar-refractivity contribution in [3.63, 3.8) is 0 Å². The summed E-state index contributed by atoms with van der Waals surface area (Å²) in [5.41, 5.74) is 7.31. The fraction of sp³-hybridized carbons (Fsp3) is 0.625. The van der Waals surface area contributed by atoms with Crippen molar-refractivity contribution >= 4 is 0 Å². The summed E-state index contributed by atoms with van der Waals surface area (Å²) in [5, 5.41) is 0. The number of likely N-dealkylation sites (N-methyl/N-ethyl adjacent to an activating group) is 1. The van der Waals surface area contributed by atoms with Gasteiger partial charge in [0.2, 0.25) is 0 Å². The Morgan fingerprint density at radius 1 is 1.19 bits per heavy atom. The van der Waals surface area contributed by atoms with Crippen LogP contribution in [0.2, 0.25) is 0 Å². The highest BCUT2D eigenvalue weighted by atomic mass is 19.4. The van der Waals surface area contributed by atoms with E-state index in [1.165, 1.54) is 10.5 Å². The number of hydrogen-bond acceptors (Lipinski definition) is 2. The summed E-state index contributed by atoms with van der Waals surface area (Å²) in [6.45, 7) is 1.27. The predicted octanol–water partition coefficient (Wildman–Crippen LogP) is 3.53. The van der Waals surface area contributed by atoms with Crippen LogP contribution in [0.15, 0.2) is 30.3 Å². The number of alkyl halides is 3. The van der Waals surface area contributed by atoms with Crippen molar-refractivity contribution in [1.82, 2.24) is 4.90 Å². The normalized spacial score (nSPS) is 27.0. The number of hydrogen-bond donors (Lipinski definition) is 1. The van der Waals surface area contributed by atoms with Gasteiger partial charge in [-0.25, -0.2) is 0 Å². The van der Waals surface area contributed by atoms with Crippen molar-refractivity contribution in [2.24, 2.45) is 5.73 Å². The molecule has 118 valence electrons. The van der Waals surface area contributed by atoms with Crippen LogP contribution in [0.3, 0.4) is 0 Å². The van der Waals surface area contributed by atoms with Gasteiger partial charge in [-0.1, -0.05) is 37.3 Å². The SMILES string of the molecule is CCN(CC(F)(F)F)C1CC(c2ccccc2)CCC1N. The topological polar surface area (TPSA) is 29.3 Å². The van der Waals surface area contributed by atoms with Gasteiger partial charge in [0, 0.05) is 12.1 Å². The average Bonchev–Trinajstić information content (AvgIpc) is 2.45. The van der Waals surface area contributed by atoms with E-state index in [1.807, 2.05) is 18.2 Å². The van der Waals surface area contributed by atoms with E-state index in [2.05, 4.69) is 12.1 Å².